The smallest absolute Gasteiger partial charge is 0.404 e. The second-order valence-corrected chi connectivity index (χ2v) is 11.3. The number of hydrogen-bond acceptors (Lipinski definition) is 16. The van der Waals surface area contributed by atoms with Crippen LogP contribution in [0.5, 0.6) is 0 Å². The van der Waals surface area contributed by atoms with Crippen LogP contribution in [0, 0.1) is 0 Å². The summed E-state index contributed by atoms with van der Waals surface area (Å²) in [5, 5.41) is 25.5. The normalized spacial score (nSPS) is 11.2. The van der Waals surface area contributed by atoms with Crippen molar-refractivity contribution in [1.82, 2.24) is 21.3 Å². The lowest BCUT2D eigenvalue weighted by atomic mass is 10.1. The van der Waals surface area contributed by atoms with Gasteiger partial charge in [0.2, 0.25) is 17.7 Å². The summed E-state index contributed by atoms with van der Waals surface area (Å²) in [5.41, 5.74) is 16.4. The van der Waals surface area contributed by atoms with E-state index in [0.29, 0.717) is 85.9 Å². The van der Waals surface area contributed by atoms with Crippen molar-refractivity contribution in [3.63, 3.8) is 0 Å². The van der Waals surface area contributed by atoms with Crippen molar-refractivity contribution in [2.75, 3.05) is 165 Å². The molecule has 0 aliphatic carbocycles. The van der Waals surface area contributed by atoms with Crippen LogP contribution in [-0.4, -0.2) is 200 Å². The number of ether oxygens (including phenoxy) is 10. The third-order valence-corrected chi connectivity index (χ3v) is 6.82. The second-order valence-electron chi connectivity index (χ2n) is 11.3. The van der Waals surface area contributed by atoms with Gasteiger partial charge in [-0.15, -0.1) is 0 Å². The van der Waals surface area contributed by atoms with Gasteiger partial charge in [-0.05, 0) is 17.5 Å². The Balaban J connectivity index is 4.30. The van der Waals surface area contributed by atoms with Crippen LogP contribution in [-0.2, 0) is 61.8 Å². The molecule has 0 aliphatic rings. The molecule has 1 unspecified atom stereocenters. The van der Waals surface area contributed by atoms with E-state index in [4.69, 9.17) is 63.5 Å². The molecule has 0 heterocycles. The van der Waals surface area contributed by atoms with Gasteiger partial charge in [0.25, 0.3) is 0 Å². The predicted octanol–water partition coefficient (Wildman–Crippen LogP) is -0.0719. The Bertz CT molecular complexity index is 1140. The first-order valence-electron chi connectivity index (χ1n) is 19.0. The SMILES string of the molecule is [N-]=[N+]=NCCOCCOCCOCCOCCNC(=O)CCC(NC(=O)CCOCCOCCNC(=O)O)C(=O)NCCOCCOCCOCCOCCN=[N+]=[N-]. The number of rotatable bonds is 44. The van der Waals surface area contributed by atoms with Crippen molar-refractivity contribution < 1.29 is 71.7 Å². The minimum absolute atomic E-state index is 0.0348. The Labute approximate surface area is 337 Å². The highest BCUT2D eigenvalue weighted by Gasteiger charge is 2.21. The highest BCUT2D eigenvalue weighted by molar-refractivity contribution is 5.88. The largest absolute Gasteiger partial charge is 0.465 e. The third kappa shape index (κ3) is 41.5. The Morgan fingerprint density at radius 3 is 1.24 bits per heavy atom. The van der Waals surface area contributed by atoms with Gasteiger partial charge >= 0.3 is 6.09 Å². The first-order chi connectivity index (χ1) is 28.4. The summed E-state index contributed by atoms with van der Waals surface area (Å²) >= 11 is 0. The second kappa shape index (κ2) is 44.0. The third-order valence-electron chi connectivity index (χ3n) is 6.82. The van der Waals surface area contributed by atoms with Gasteiger partial charge in [0.15, 0.2) is 0 Å². The number of amides is 4. The molecule has 25 nitrogen and oxygen atoms in total. The van der Waals surface area contributed by atoms with Gasteiger partial charge in [0, 0.05) is 55.4 Å². The number of carbonyl (C=O) groups is 4. The van der Waals surface area contributed by atoms with E-state index in [2.05, 4.69) is 41.3 Å². The molecule has 0 bridgehead atoms. The maximum atomic E-state index is 13.0. The highest BCUT2D eigenvalue weighted by Crippen LogP contribution is 2.00. The van der Waals surface area contributed by atoms with Gasteiger partial charge in [-0.25, -0.2) is 4.79 Å². The molecule has 0 saturated heterocycles. The molecule has 0 radical (unpaired) electrons. The van der Waals surface area contributed by atoms with Crippen molar-refractivity contribution in [2.24, 2.45) is 10.2 Å². The fourth-order valence-corrected chi connectivity index (χ4v) is 4.07. The summed E-state index contributed by atoms with van der Waals surface area (Å²) in [6.07, 6.45) is -1.18. The zero-order valence-corrected chi connectivity index (χ0v) is 33.2. The molecule has 0 rings (SSSR count). The molecule has 5 N–H and O–H groups in total. The molecule has 0 aliphatic heterocycles. The van der Waals surface area contributed by atoms with Crippen molar-refractivity contribution in [3.8, 4) is 0 Å². The maximum absolute atomic E-state index is 13.0. The predicted molar refractivity (Wildman–Crippen MR) is 204 cm³/mol. The van der Waals surface area contributed by atoms with Crippen LogP contribution < -0.4 is 21.3 Å². The molecule has 1 atom stereocenters. The van der Waals surface area contributed by atoms with Gasteiger partial charge in [0.1, 0.15) is 6.04 Å². The summed E-state index contributed by atoms with van der Waals surface area (Å²) in [6, 6.07) is -0.989. The van der Waals surface area contributed by atoms with Crippen LogP contribution in [0.15, 0.2) is 10.2 Å². The van der Waals surface area contributed by atoms with Crippen LogP contribution in [0.4, 0.5) is 4.79 Å². The molecule has 0 saturated carbocycles. The quantitative estimate of drug-likeness (QED) is 0.0232. The van der Waals surface area contributed by atoms with E-state index in [0.717, 1.165) is 0 Å². The first-order valence-corrected chi connectivity index (χ1v) is 19.0. The molecule has 0 aromatic carbocycles. The molecule has 0 aromatic heterocycles. The highest BCUT2D eigenvalue weighted by atomic mass is 16.6. The summed E-state index contributed by atoms with van der Waals surface area (Å²) in [5.74, 6) is -1.25. The lowest BCUT2D eigenvalue weighted by Crippen LogP contribution is -2.48. The van der Waals surface area contributed by atoms with E-state index >= 15 is 0 Å². The van der Waals surface area contributed by atoms with E-state index in [-0.39, 0.29) is 104 Å². The van der Waals surface area contributed by atoms with E-state index in [1.54, 1.807) is 0 Å². The number of hydrogen-bond donors (Lipinski definition) is 5. The fraction of sp³-hybridized carbons (Fsp3) is 0.879. The van der Waals surface area contributed by atoms with Crippen molar-refractivity contribution in [3.05, 3.63) is 20.9 Å². The number of carboxylic acid groups (broad SMARTS) is 1. The van der Waals surface area contributed by atoms with E-state index < -0.39 is 23.9 Å². The number of nitrogens with one attached hydrogen (secondary N) is 4. The van der Waals surface area contributed by atoms with E-state index in [1.807, 2.05) is 0 Å². The summed E-state index contributed by atoms with van der Waals surface area (Å²) in [7, 11) is 0. The monoisotopic (exact) mass is 838 g/mol. The number of azide groups is 2. The summed E-state index contributed by atoms with van der Waals surface area (Å²) < 4.78 is 53.6. The van der Waals surface area contributed by atoms with Crippen molar-refractivity contribution in [1.29, 1.82) is 0 Å². The summed E-state index contributed by atoms with van der Waals surface area (Å²) in [6.45, 7) is 7.15. The molecule has 0 aromatic rings. The van der Waals surface area contributed by atoms with Gasteiger partial charge in [-0.3, -0.25) is 14.4 Å². The standard InChI is InChI=1S/C33H62N10O15/c34-42-39-7-13-53-19-23-57-27-25-55-21-17-50-10-4-36-30(44)2-1-29(41-31(45)3-9-49-15-16-52-12-6-38-33(47)48)32(46)37-5-11-51-18-22-56-26-28-58-24-20-54-14-8-40-43-35/h29,38H,1-28H2,(H,36,44)(H,37,46)(H,41,45)(H,47,48). The number of nitrogens with zero attached hydrogens (tertiary/aromatic N) is 6. The first kappa shape index (κ1) is 53.9. The van der Waals surface area contributed by atoms with E-state index in [1.165, 1.54) is 0 Å². The van der Waals surface area contributed by atoms with Crippen LogP contribution in [0.2, 0.25) is 0 Å². The Morgan fingerprint density at radius 2 is 0.828 bits per heavy atom. The molecular weight excluding hydrogens is 776 g/mol. The topological polar surface area (TPSA) is 326 Å². The zero-order valence-electron chi connectivity index (χ0n) is 33.2. The van der Waals surface area contributed by atoms with Gasteiger partial charge in [0.05, 0.1) is 132 Å². The minimum Gasteiger partial charge on any atom is -0.465 e. The molecule has 0 fully saturated rings. The molecule has 25 heteroatoms. The van der Waals surface area contributed by atoms with Crippen LogP contribution >= 0.6 is 0 Å². The van der Waals surface area contributed by atoms with Gasteiger partial charge in [-0.2, -0.15) is 0 Å². The average Bonchev–Trinajstić information content (AvgIpc) is 3.21. The zero-order chi connectivity index (χ0) is 42.4. The Kier molecular flexibility index (Phi) is 40.9. The maximum Gasteiger partial charge on any atom is 0.404 e. The van der Waals surface area contributed by atoms with Crippen LogP contribution in [0.3, 0.4) is 0 Å². The lowest BCUT2D eigenvalue weighted by Gasteiger charge is -2.19. The van der Waals surface area contributed by atoms with Crippen molar-refractivity contribution in [2.45, 2.75) is 25.3 Å². The lowest BCUT2D eigenvalue weighted by molar-refractivity contribution is -0.130. The molecule has 58 heavy (non-hydrogen) atoms. The Hall–Kier alpha value is -4.10. The molecular formula is C33H62N10O15. The van der Waals surface area contributed by atoms with Crippen LogP contribution in [0.25, 0.3) is 20.9 Å². The van der Waals surface area contributed by atoms with Gasteiger partial charge < -0.3 is 73.7 Å². The Morgan fingerprint density at radius 1 is 0.466 bits per heavy atom. The van der Waals surface area contributed by atoms with Crippen LogP contribution in [0.1, 0.15) is 19.3 Å². The molecule has 334 valence electrons. The minimum atomic E-state index is -1.14. The number of carbonyl (C=O) groups excluding carboxylic acids is 3. The molecule has 0 spiro atoms. The fourth-order valence-electron chi connectivity index (χ4n) is 4.07. The van der Waals surface area contributed by atoms with Crippen molar-refractivity contribution >= 4 is 23.8 Å². The van der Waals surface area contributed by atoms with Gasteiger partial charge in [-0.1, -0.05) is 10.2 Å². The summed E-state index contributed by atoms with van der Waals surface area (Å²) in [4.78, 5) is 53.8. The molecule has 4 amide bonds. The average molecular weight is 839 g/mol. The van der Waals surface area contributed by atoms with E-state index in [9.17, 15) is 19.2 Å².